The summed E-state index contributed by atoms with van der Waals surface area (Å²) in [6, 6.07) is 14.8. The van der Waals surface area contributed by atoms with Gasteiger partial charge in [0.15, 0.2) is 5.13 Å². The first-order chi connectivity index (χ1) is 12.9. The van der Waals surface area contributed by atoms with Gasteiger partial charge in [-0.3, -0.25) is 0 Å². The maximum atomic E-state index is 11.7. The first kappa shape index (κ1) is 19.4. The molecule has 1 aromatic heterocycles. The molecule has 27 heavy (non-hydrogen) atoms. The van der Waals surface area contributed by atoms with E-state index in [1.54, 1.807) is 12.1 Å². The Kier molecular flexibility index (Phi) is 6.14. The second kappa shape index (κ2) is 8.55. The van der Waals surface area contributed by atoms with Crippen molar-refractivity contribution in [2.24, 2.45) is 0 Å². The van der Waals surface area contributed by atoms with E-state index in [0.717, 1.165) is 16.8 Å². The summed E-state index contributed by atoms with van der Waals surface area (Å²) in [6.07, 6.45) is 0.327. The highest BCUT2D eigenvalue weighted by Crippen LogP contribution is 2.27. The molecule has 2 aromatic carbocycles. The van der Waals surface area contributed by atoms with Crippen molar-refractivity contribution in [3.05, 3.63) is 70.1 Å². The Balaban J connectivity index is 1.73. The molecule has 1 atom stereocenters. The molecule has 0 radical (unpaired) electrons. The van der Waals surface area contributed by atoms with Crippen LogP contribution in [0.15, 0.2) is 53.9 Å². The lowest BCUT2D eigenvalue weighted by Gasteiger charge is -2.13. The molecule has 6 heteroatoms. The summed E-state index contributed by atoms with van der Waals surface area (Å²) < 4.78 is 0. The van der Waals surface area contributed by atoms with Gasteiger partial charge < -0.3 is 10.4 Å². The quantitative estimate of drug-likeness (QED) is 0.534. The van der Waals surface area contributed by atoms with Crippen LogP contribution >= 0.6 is 22.9 Å². The number of nitrogens with one attached hydrogen (secondary N) is 1. The number of carbonyl (C=O) groups is 1. The van der Waals surface area contributed by atoms with Gasteiger partial charge in [-0.2, -0.15) is 0 Å². The first-order valence-electron chi connectivity index (χ1n) is 8.72. The molecule has 3 rings (SSSR count). The maximum absolute atomic E-state index is 11.7. The molecular formula is C21H21ClN2O2S. The van der Waals surface area contributed by atoms with Gasteiger partial charge in [0.05, 0.1) is 5.69 Å². The zero-order valence-corrected chi connectivity index (χ0v) is 16.7. The SMILES string of the molecule is CC(C)c1ccc(-c2csc(NC(Cc3cccc(Cl)c3)C(=O)O)n2)cc1. The summed E-state index contributed by atoms with van der Waals surface area (Å²) in [6.45, 7) is 4.32. The van der Waals surface area contributed by atoms with Gasteiger partial charge in [-0.25, -0.2) is 9.78 Å². The van der Waals surface area contributed by atoms with Gasteiger partial charge in [0.25, 0.3) is 0 Å². The number of rotatable bonds is 7. The molecule has 2 N–H and O–H groups in total. The molecule has 4 nitrogen and oxygen atoms in total. The third-order valence-corrected chi connectivity index (χ3v) is 5.31. The number of carboxylic acid groups (broad SMARTS) is 1. The van der Waals surface area contributed by atoms with Gasteiger partial charge in [-0.1, -0.05) is 61.8 Å². The Hall–Kier alpha value is -2.37. The summed E-state index contributed by atoms with van der Waals surface area (Å²) >= 11 is 7.39. The van der Waals surface area contributed by atoms with Crippen LogP contribution < -0.4 is 5.32 Å². The largest absolute Gasteiger partial charge is 0.480 e. The fraction of sp³-hybridized carbons (Fsp3) is 0.238. The van der Waals surface area contributed by atoms with E-state index >= 15 is 0 Å². The zero-order chi connectivity index (χ0) is 19.4. The highest BCUT2D eigenvalue weighted by Gasteiger charge is 2.19. The van der Waals surface area contributed by atoms with Crippen molar-refractivity contribution < 1.29 is 9.90 Å². The third kappa shape index (κ3) is 5.08. The van der Waals surface area contributed by atoms with E-state index in [1.165, 1.54) is 16.9 Å². The smallest absolute Gasteiger partial charge is 0.326 e. The molecular weight excluding hydrogens is 380 g/mol. The molecule has 0 saturated heterocycles. The van der Waals surface area contributed by atoms with E-state index in [9.17, 15) is 9.90 Å². The van der Waals surface area contributed by atoms with E-state index in [2.05, 4.69) is 48.4 Å². The Morgan fingerprint density at radius 3 is 2.59 bits per heavy atom. The molecule has 0 aliphatic heterocycles. The molecule has 0 aliphatic carbocycles. The predicted molar refractivity (Wildman–Crippen MR) is 112 cm³/mol. The normalized spacial score (nSPS) is 12.1. The fourth-order valence-corrected chi connectivity index (χ4v) is 3.75. The number of aromatic nitrogens is 1. The average molecular weight is 401 g/mol. The van der Waals surface area contributed by atoms with Crippen molar-refractivity contribution in [3.63, 3.8) is 0 Å². The van der Waals surface area contributed by atoms with Crippen LogP contribution in [0.2, 0.25) is 5.02 Å². The van der Waals surface area contributed by atoms with Crippen LogP contribution in [0, 0.1) is 0 Å². The molecule has 0 fully saturated rings. The minimum absolute atomic E-state index is 0.327. The van der Waals surface area contributed by atoms with Crippen molar-refractivity contribution in [2.75, 3.05) is 5.32 Å². The Labute approximate surface area is 167 Å². The van der Waals surface area contributed by atoms with Gasteiger partial charge >= 0.3 is 5.97 Å². The molecule has 0 amide bonds. The maximum Gasteiger partial charge on any atom is 0.326 e. The minimum Gasteiger partial charge on any atom is -0.480 e. The summed E-state index contributed by atoms with van der Waals surface area (Å²) in [7, 11) is 0. The molecule has 140 valence electrons. The van der Waals surface area contributed by atoms with Crippen LogP contribution in [0.5, 0.6) is 0 Å². The number of anilines is 1. The first-order valence-corrected chi connectivity index (χ1v) is 9.98. The van der Waals surface area contributed by atoms with Crippen LogP contribution in [0.25, 0.3) is 11.3 Å². The standard InChI is InChI=1S/C21H21ClN2O2S/c1-13(2)15-6-8-16(9-7-15)19-12-27-21(24-19)23-18(20(25)26)11-14-4-3-5-17(22)10-14/h3-10,12-13,18H,11H2,1-2H3,(H,23,24)(H,25,26). The van der Waals surface area contributed by atoms with Crippen molar-refractivity contribution in [3.8, 4) is 11.3 Å². The van der Waals surface area contributed by atoms with E-state index in [-0.39, 0.29) is 0 Å². The number of hydrogen-bond acceptors (Lipinski definition) is 4. The Morgan fingerprint density at radius 1 is 1.22 bits per heavy atom. The Bertz CT molecular complexity index is 922. The number of nitrogens with zero attached hydrogens (tertiary/aromatic N) is 1. The number of benzene rings is 2. The van der Waals surface area contributed by atoms with Gasteiger partial charge in [-0.15, -0.1) is 11.3 Å². The molecule has 0 spiro atoms. The van der Waals surface area contributed by atoms with Crippen LogP contribution in [-0.2, 0) is 11.2 Å². The van der Waals surface area contributed by atoms with E-state index in [4.69, 9.17) is 11.6 Å². The molecule has 0 aliphatic rings. The van der Waals surface area contributed by atoms with Gasteiger partial charge in [-0.05, 0) is 29.2 Å². The summed E-state index contributed by atoms with van der Waals surface area (Å²) in [5.41, 5.74) is 4.00. The average Bonchev–Trinajstić information content (AvgIpc) is 3.10. The van der Waals surface area contributed by atoms with E-state index < -0.39 is 12.0 Å². The van der Waals surface area contributed by atoms with E-state index in [0.29, 0.717) is 22.5 Å². The summed E-state index contributed by atoms with van der Waals surface area (Å²) in [4.78, 5) is 16.2. The number of carboxylic acids is 1. The monoisotopic (exact) mass is 400 g/mol. The second-order valence-electron chi connectivity index (χ2n) is 6.68. The van der Waals surface area contributed by atoms with Crippen molar-refractivity contribution in [1.82, 2.24) is 4.98 Å². The van der Waals surface area contributed by atoms with E-state index in [1.807, 2.05) is 17.5 Å². The fourth-order valence-electron chi connectivity index (χ4n) is 2.76. The number of aliphatic carboxylic acids is 1. The molecule has 3 aromatic rings. The van der Waals surface area contributed by atoms with Crippen LogP contribution in [0.1, 0.15) is 30.9 Å². The second-order valence-corrected chi connectivity index (χ2v) is 7.98. The number of halogens is 1. The summed E-state index contributed by atoms with van der Waals surface area (Å²) in [5.74, 6) is -0.442. The molecule has 0 bridgehead atoms. The summed E-state index contributed by atoms with van der Waals surface area (Å²) in [5, 5.41) is 15.7. The topological polar surface area (TPSA) is 62.2 Å². The van der Waals surface area contributed by atoms with Crippen molar-refractivity contribution in [2.45, 2.75) is 32.2 Å². The molecule has 1 heterocycles. The highest BCUT2D eigenvalue weighted by molar-refractivity contribution is 7.14. The lowest BCUT2D eigenvalue weighted by Crippen LogP contribution is -2.31. The van der Waals surface area contributed by atoms with Crippen LogP contribution in [-0.4, -0.2) is 22.1 Å². The van der Waals surface area contributed by atoms with Crippen molar-refractivity contribution in [1.29, 1.82) is 0 Å². The third-order valence-electron chi connectivity index (χ3n) is 4.30. The van der Waals surface area contributed by atoms with Gasteiger partial charge in [0, 0.05) is 22.4 Å². The molecule has 1 unspecified atom stereocenters. The molecule has 0 saturated carbocycles. The van der Waals surface area contributed by atoms with Crippen molar-refractivity contribution >= 4 is 34.0 Å². The number of thiazole rings is 1. The van der Waals surface area contributed by atoms with Gasteiger partial charge in [0.1, 0.15) is 6.04 Å². The van der Waals surface area contributed by atoms with Crippen LogP contribution in [0.4, 0.5) is 5.13 Å². The van der Waals surface area contributed by atoms with Gasteiger partial charge in [0.2, 0.25) is 0 Å². The lowest BCUT2D eigenvalue weighted by molar-refractivity contribution is -0.137. The van der Waals surface area contributed by atoms with Crippen LogP contribution in [0.3, 0.4) is 0 Å². The zero-order valence-electron chi connectivity index (χ0n) is 15.1. The Morgan fingerprint density at radius 2 is 1.96 bits per heavy atom. The number of hydrogen-bond donors (Lipinski definition) is 2. The predicted octanol–water partition coefficient (Wildman–Crippen LogP) is 5.69. The lowest BCUT2D eigenvalue weighted by atomic mass is 10.0. The minimum atomic E-state index is -0.923. The highest BCUT2D eigenvalue weighted by atomic mass is 35.5.